The number of rotatable bonds is 7. The minimum Gasteiger partial charge on any atom is -0.467 e. The van der Waals surface area contributed by atoms with Gasteiger partial charge in [0, 0.05) is 13.0 Å². The van der Waals surface area contributed by atoms with Crippen molar-refractivity contribution < 1.29 is 13.7 Å². The molecule has 0 radical (unpaired) electrons. The lowest BCUT2D eigenvalue weighted by Crippen LogP contribution is -2.42. The highest BCUT2D eigenvalue weighted by Gasteiger charge is 2.12. The van der Waals surface area contributed by atoms with Crippen LogP contribution in [-0.2, 0) is 17.8 Å². The molecule has 2 heterocycles. The van der Waals surface area contributed by atoms with Crippen LogP contribution >= 0.6 is 0 Å². The first kappa shape index (κ1) is 13.3. The fourth-order valence-electron chi connectivity index (χ4n) is 1.53. The summed E-state index contributed by atoms with van der Waals surface area (Å²) < 4.78 is 9.99. The Morgan fingerprint density at radius 1 is 1.53 bits per heavy atom. The summed E-state index contributed by atoms with van der Waals surface area (Å²) in [6, 6.07) is 3.31. The zero-order chi connectivity index (χ0) is 13.5. The number of nitrogens with one attached hydrogen (secondary N) is 2. The van der Waals surface area contributed by atoms with Gasteiger partial charge in [0.15, 0.2) is 6.33 Å². The smallest absolute Gasteiger partial charge is 0.237 e. The Morgan fingerprint density at radius 3 is 3.11 bits per heavy atom. The van der Waals surface area contributed by atoms with Crippen molar-refractivity contribution in [2.45, 2.75) is 25.9 Å². The number of nitrogens with zero attached hydrogens (tertiary/aromatic N) is 2. The van der Waals surface area contributed by atoms with Crippen LogP contribution in [0.1, 0.15) is 18.6 Å². The van der Waals surface area contributed by atoms with Crippen LogP contribution in [0.15, 0.2) is 33.7 Å². The van der Waals surface area contributed by atoms with E-state index in [0.29, 0.717) is 25.4 Å². The van der Waals surface area contributed by atoms with Gasteiger partial charge in [-0.2, -0.15) is 4.98 Å². The zero-order valence-electron chi connectivity index (χ0n) is 10.6. The molecule has 0 saturated carbocycles. The minimum absolute atomic E-state index is 0.0815. The number of furan rings is 1. The van der Waals surface area contributed by atoms with E-state index in [2.05, 4.69) is 20.8 Å². The molecule has 0 bridgehead atoms. The van der Waals surface area contributed by atoms with Crippen LogP contribution in [0.3, 0.4) is 0 Å². The molecule has 0 fully saturated rings. The average Bonchev–Trinajstić information content (AvgIpc) is 3.08. The Bertz CT molecular complexity index is 481. The Kier molecular flexibility index (Phi) is 4.68. The minimum atomic E-state index is -0.294. The van der Waals surface area contributed by atoms with E-state index in [9.17, 15) is 4.79 Å². The molecule has 1 amide bonds. The molecule has 0 aliphatic rings. The second-order valence-corrected chi connectivity index (χ2v) is 4.06. The Morgan fingerprint density at radius 2 is 2.42 bits per heavy atom. The first-order valence-electron chi connectivity index (χ1n) is 6.04. The Labute approximate surface area is 110 Å². The summed E-state index contributed by atoms with van der Waals surface area (Å²) in [7, 11) is 0. The fraction of sp³-hybridized carbons (Fsp3) is 0.417. The Balaban J connectivity index is 1.64. The van der Waals surface area contributed by atoms with Crippen LogP contribution < -0.4 is 10.6 Å². The summed E-state index contributed by atoms with van der Waals surface area (Å²) in [4.78, 5) is 15.7. The van der Waals surface area contributed by atoms with Gasteiger partial charge in [0.2, 0.25) is 11.8 Å². The number of hydrogen-bond donors (Lipinski definition) is 2. The summed E-state index contributed by atoms with van der Waals surface area (Å²) in [6.07, 6.45) is 3.53. The number of aromatic nitrogens is 2. The molecule has 0 aliphatic carbocycles. The highest BCUT2D eigenvalue weighted by molar-refractivity contribution is 5.81. The van der Waals surface area contributed by atoms with E-state index in [0.717, 1.165) is 5.76 Å². The molecule has 2 aromatic heterocycles. The van der Waals surface area contributed by atoms with Crippen LogP contribution in [0.2, 0.25) is 0 Å². The molecule has 0 saturated heterocycles. The summed E-state index contributed by atoms with van der Waals surface area (Å²) in [5.74, 6) is 1.20. The second-order valence-electron chi connectivity index (χ2n) is 4.06. The van der Waals surface area contributed by atoms with Gasteiger partial charge in [-0.15, -0.1) is 0 Å². The highest BCUT2D eigenvalue weighted by atomic mass is 16.5. The van der Waals surface area contributed by atoms with E-state index in [1.165, 1.54) is 6.33 Å². The van der Waals surface area contributed by atoms with Crippen molar-refractivity contribution in [2.24, 2.45) is 0 Å². The molecule has 1 unspecified atom stereocenters. The monoisotopic (exact) mass is 264 g/mol. The summed E-state index contributed by atoms with van der Waals surface area (Å²) in [6.45, 7) is 2.78. The lowest BCUT2D eigenvalue weighted by Gasteiger charge is -2.12. The SMILES string of the molecule is CC(NCCc1ncno1)C(=O)NCc1ccco1. The molecule has 102 valence electrons. The van der Waals surface area contributed by atoms with Gasteiger partial charge in [-0.05, 0) is 19.1 Å². The summed E-state index contributed by atoms with van der Waals surface area (Å²) in [5.41, 5.74) is 0. The maximum absolute atomic E-state index is 11.8. The van der Waals surface area contributed by atoms with Crippen LogP contribution in [0.25, 0.3) is 0 Å². The van der Waals surface area contributed by atoms with Crippen molar-refractivity contribution in [1.29, 1.82) is 0 Å². The molecule has 7 nitrogen and oxygen atoms in total. The highest BCUT2D eigenvalue weighted by Crippen LogP contribution is 1.98. The van der Waals surface area contributed by atoms with Gasteiger partial charge >= 0.3 is 0 Å². The third-order valence-electron chi connectivity index (χ3n) is 2.61. The van der Waals surface area contributed by atoms with E-state index in [-0.39, 0.29) is 11.9 Å². The van der Waals surface area contributed by atoms with Gasteiger partial charge in [0.25, 0.3) is 0 Å². The van der Waals surface area contributed by atoms with Gasteiger partial charge in [-0.3, -0.25) is 4.79 Å². The number of amides is 1. The largest absolute Gasteiger partial charge is 0.467 e. The lowest BCUT2D eigenvalue weighted by molar-refractivity contribution is -0.123. The second kappa shape index (κ2) is 6.69. The molecule has 0 spiro atoms. The third-order valence-corrected chi connectivity index (χ3v) is 2.61. The predicted molar refractivity (Wildman–Crippen MR) is 66.0 cm³/mol. The topological polar surface area (TPSA) is 93.2 Å². The molecule has 1 atom stereocenters. The molecule has 2 rings (SSSR count). The van der Waals surface area contributed by atoms with Crippen molar-refractivity contribution in [3.63, 3.8) is 0 Å². The zero-order valence-corrected chi connectivity index (χ0v) is 10.6. The van der Waals surface area contributed by atoms with Crippen molar-refractivity contribution in [1.82, 2.24) is 20.8 Å². The van der Waals surface area contributed by atoms with Crippen molar-refractivity contribution >= 4 is 5.91 Å². The molecular weight excluding hydrogens is 248 g/mol. The first-order chi connectivity index (χ1) is 9.25. The molecule has 2 aromatic rings. The van der Waals surface area contributed by atoms with Gasteiger partial charge in [-0.25, -0.2) is 0 Å². The van der Waals surface area contributed by atoms with E-state index in [4.69, 9.17) is 8.94 Å². The summed E-state index contributed by atoms with van der Waals surface area (Å²) >= 11 is 0. The van der Waals surface area contributed by atoms with E-state index >= 15 is 0 Å². The van der Waals surface area contributed by atoms with Crippen LogP contribution in [-0.4, -0.2) is 28.6 Å². The van der Waals surface area contributed by atoms with Crippen molar-refractivity contribution in [3.8, 4) is 0 Å². The Hall–Kier alpha value is -2.15. The van der Waals surface area contributed by atoms with Gasteiger partial charge in [-0.1, -0.05) is 5.16 Å². The van der Waals surface area contributed by atoms with Crippen LogP contribution in [0.5, 0.6) is 0 Å². The lowest BCUT2D eigenvalue weighted by atomic mass is 10.3. The van der Waals surface area contributed by atoms with Gasteiger partial charge in [0.1, 0.15) is 5.76 Å². The van der Waals surface area contributed by atoms with Gasteiger partial charge in [0.05, 0.1) is 18.8 Å². The van der Waals surface area contributed by atoms with Crippen LogP contribution in [0.4, 0.5) is 0 Å². The molecule has 2 N–H and O–H groups in total. The standard InChI is InChI=1S/C12H16N4O3/c1-9(13-5-4-11-15-8-16-19-11)12(17)14-7-10-3-2-6-18-10/h2-3,6,8-9,13H,4-5,7H2,1H3,(H,14,17). The van der Waals surface area contributed by atoms with Crippen LogP contribution in [0, 0.1) is 0 Å². The van der Waals surface area contributed by atoms with E-state index in [1.54, 1.807) is 19.3 Å². The maximum atomic E-state index is 11.8. The first-order valence-corrected chi connectivity index (χ1v) is 6.04. The van der Waals surface area contributed by atoms with Gasteiger partial charge < -0.3 is 19.6 Å². The quantitative estimate of drug-likeness (QED) is 0.756. The maximum Gasteiger partial charge on any atom is 0.237 e. The average molecular weight is 264 g/mol. The number of carbonyl (C=O) groups excluding carboxylic acids is 1. The fourth-order valence-corrected chi connectivity index (χ4v) is 1.53. The molecule has 7 heteroatoms. The number of hydrogen-bond acceptors (Lipinski definition) is 6. The normalized spacial score (nSPS) is 12.3. The molecule has 0 aromatic carbocycles. The molecular formula is C12H16N4O3. The predicted octanol–water partition coefficient (Wildman–Crippen LogP) is 0.500. The van der Waals surface area contributed by atoms with E-state index in [1.807, 2.05) is 6.07 Å². The summed E-state index contributed by atoms with van der Waals surface area (Å²) in [5, 5.41) is 9.37. The van der Waals surface area contributed by atoms with E-state index < -0.39 is 0 Å². The molecule has 19 heavy (non-hydrogen) atoms. The molecule has 0 aliphatic heterocycles. The number of carbonyl (C=O) groups is 1. The van der Waals surface area contributed by atoms with Crippen molar-refractivity contribution in [3.05, 3.63) is 36.4 Å². The third kappa shape index (κ3) is 4.22. The van der Waals surface area contributed by atoms with Crippen molar-refractivity contribution in [2.75, 3.05) is 6.54 Å².